The quantitative estimate of drug-likeness (QED) is 0.695. The van der Waals surface area contributed by atoms with Crippen LogP contribution in [0.15, 0.2) is 24.3 Å². The summed E-state index contributed by atoms with van der Waals surface area (Å²) in [6.07, 6.45) is 3.60. The third-order valence-electron chi connectivity index (χ3n) is 5.65. The van der Waals surface area contributed by atoms with Crippen LogP contribution in [0.1, 0.15) is 36.8 Å². The van der Waals surface area contributed by atoms with Crippen LogP contribution in [0, 0.1) is 17.8 Å². The van der Waals surface area contributed by atoms with Crippen LogP contribution in [-0.4, -0.2) is 39.7 Å². The predicted molar refractivity (Wildman–Crippen MR) is 92.1 cm³/mol. The van der Waals surface area contributed by atoms with E-state index in [-0.39, 0.29) is 11.8 Å². The summed E-state index contributed by atoms with van der Waals surface area (Å²) in [5.41, 5.74) is 2.71. The number of nitrogens with zero attached hydrogens (tertiary/aromatic N) is 1. The van der Waals surface area contributed by atoms with Crippen molar-refractivity contribution in [3.8, 4) is 0 Å². The van der Waals surface area contributed by atoms with Gasteiger partial charge in [-0.1, -0.05) is 37.1 Å². The molecular weight excluding hydrogens is 305 g/mol. The van der Waals surface area contributed by atoms with E-state index in [2.05, 4.69) is 29.2 Å². The smallest absolute Gasteiger partial charge is 0.451 e. The van der Waals surface area contributed by atoms with E-state index in [1.807, 2.05) is 0 Å². The maximum absolute atomic E-state index is 11.7. The molecule has 3 N–H and O–H groups in total. The van der Waals surface area contributed by atoms with Gasteiger partial charge in [-0.05, 0) is 42.1 Å². The average molecular weight is 331 g/mol. The van der Waals surface area contributed by atoms with Crippen LogP contribution in [0.2, 0.25) is 6.32 Å². The first-order chi connectivity index (χ1) is 11.5. The van der Waals surface area contributed by atoms with Crippen LogP contribution in [0.3, 0.4) is 0 Å². The van der Waals surface area contributed by atoms with Crippen molar-refractivity contribution in [3.05, 3.63) is 35.4 Å². The summed E-state index contributed by atoms with van der Waals surface area (Å²) in [6.45, 7) is 2.67. The molecule has 3 atom stereocenters. The van der Waals surface area contributed by atoms with Crippen molar-refractivity contribution >= 4 is 13.1 Å². The van der Waals surface area contributed by atoms with Crippen molar-refractivity contribution in [2.24, 2.45) is 17.8 Å². The molecule has 0 bridgehead atoms. The van der Waals surface area contributed by atoms with Gasteiger partial charge in [0, 0.05) is 19.6 Å². The fraction of sp³-hybridized carbons (Fsp3) is 0.611. The minimum absolute atomic E-state index is 0.187. The number of carboxylic acids is 1. The Bertz CT molecular complexity index is 555. The van der Waals surface area contributed by atoms with E-state index in [4.69, 9.17) is 10.0 Å². The largest absolute Gasteiger partial charge is 0.481 e. The van der Waals surface area contributed by atoms with Crippen molar-refractivity contribution < 1.29 is 19.9 Å². The van der Waals surface area contributed by atoms with Gasteiger partial charge in [0.15, 0.2) is 0 Å². The lowest BCUT2D eigenvalue weighted by Gasteiger charge is -2.36. The molecule has 1 heterocycles. The lowest BCUT2D eigenvalue weighted by molar-refractivity contribution is -0.146. The molecule has 1 fully saturated rings. The van der Waals surface area contributed by atoms with Gasteiger partial charge in [-0.2, -0.15) is 0 Å². The van der Waals surface area contributed by atoms with E-state index < -0.39 is 13.1 Å². The first-order valence-corrected chi connectivity index (χ1v) is 8.91. The number of hydrogen-bond acceptors (Lipinski definition) is 4. The first kappa shape index (κ1) is 17.5. The van der Waals surface area contributed by atoms with E-state index in [9.17, 15) is 9.90 Å². The number of hydrogen-bond donors (Lipinski definition) is 3. The van der Waals surface area contributed by atoms with Gasteiger partial charge in [-0.15, -0.1) is 0 Å². The minimum atomic E-state index is -1.28. The molecule has 6 heteroatoms. The Kier molecular flexibility index (Phi) is 5.59. The number of aliphatic carboxylic acids is 1. The van der Waals surface area contributed by atoms with Gasteiger partial charge in [0.05, 0.1) is 5.92 Å². The molecule has 0 spiro atoms. The van der Waals surface area contributed by atoms with Crippen LogP contribution in [-0.2, 0) is 17.9 Å². The second-order valence-electron chi connectivity index (χ2n) is 7.38. The molecule has 5 nitrogen and oxygen atoms in total. The maximum atomic E-state index is 11.7. The van der Waals surface area contributed by atoms with Gasteiger partial charge in [-0.3, -0.25) is 9.69 Å². The molecule has 1 aromatic rings. The lowest BCUT2D eigenvalue weighted by Crippen LogP contribution is -2.37. The Labute approximate surface area is 143 Å². The zero-order chi connectivity index (χ0) is 17.1. The predicted octanol–water partition coefficient (Wildman–Crippen LogP) is 1.98. The zero-order valence-corrected chi connectivity index (χ0v) is 14.0. The second kappa shape index (κ2) is 7.68. The Hall–Kier alpha value is -1.37. The van der Waals surface area contributed by atoms with Gasteiger partial charge in [0.2, 0.25) is 0 Å². The summed E-state index contributed by atoms with van der Waals surface area (Å²) in [4.78, 5) is 14.1. The van der Waals surface area contributed by atoms with Crippen molar-refractivity contribution in [2.75, 3.05) is 6.54 Å². The molecule has 0 radical (unpaired) electrons. The molecule has 130 valence electrons. The third kappa shape index (κ3) is 4.18. The molecule has 1 saturated carbocycles. The van der Waals surface area contributed by atoms with Gasteiger partial charge >= 0.3 is 13.1 Å². The number of benzene rings is 1. The summed E-state index contributed by atoms with van der Waals surface area (Å²) in [5, 5.41) is 27.7. The Morgan fingerprint density at radius 2 is 1.83 bits per heavy atom. The van der Waals surface area contributed by atoms with E-state index in [1.165, 1.54) is 11.1 Å². The van der Waals surface area contributed by atoms with E-state index in [1.54, 1.807) is 0 Å². The monoisotopic (exact) mass is 331 g/mol. The molecule has 0 amide bonds. The van der Waals surface area contributed by atoms with Crippen molar-refractivity contribution in [1.29, 1.82) is 0 Å². The normalized spacial score (nSPS) is 27.0. The van der Waals surface area contributed by atoms with E-state index in [0.29, 0.717) is 25.1 Å². The topological polar surface area (TPSA) is 81.0 Å². The summed E-state index contributed by atoms with van der Waals surface area (Å²) < 4.78 is 0. The molecular formula is C18H26BNO4. The van der Waals surface area contributed by atoms with Crippen molar-refractivity contribution in [2.45, 2.75) is 45.1 Å². The molecule has 1 aliphatic carbocycles. The molecule has 2 unspecified atom stereocenters. The second-order valence-corrected chi connectivity index (χ2v) is 7.38. The Morgan fingerprint density at radius 3 is 2.42 bits per heavy atom. The van der Waals surface area contributed by atoms with Crippen molar-refractivity contribution in [1.82, 2.24) is 4.90 Å². The molecule has 0 saturated heterocycles. The number of rotatable bonds is 6. The number of carbonyl (C=O) groups is 1. The molecule has 3 rings (SSSR count). The fourth-order valence-corrected chi connectivity index (χ4v) is 4.35. The average Bonchev–Trinajstić information content (AvgIpc) is 2.95. The molecule has 24 heavy (non-hydrogen) atoms. The van der Waals surface area contributed by atoms with Gasteiger partial charge < -0.3 is 15.2 Å². The molecule has 0 aromatic heterocycles. The SMILES string of the molecule is O=C(O)[C@H]1CC(CCB(O)O)CCC1CN1Cc2ccccc2C1. The van der Waals surface area contributed by atoms with E-state index >= 15 is 0 Å². The number of carboxylic acid groups (broad SMARTS) is 1. The van der Waals surface area contributed by atoms with E-state index in [0.717, 1.165) is 32.5 Å². The van der Waals surface area contributed by atoms with Gasteiger partial charge in [0.1, 0.15) is 0 Å². The van der Waals surface area contributed by atoms with Crippen LogP contribution in [0.4, 0.5) is 0 Å². The standard InChI is InChI=1S/C18H26BNO4/c21-18(22)17-9-13(7-8-19(23)24)5-6-16(17)12-20-10-14-3-1-2-4-15(14)11-20/h1-4,13,16-17,23-24H,5-12H2,(H,21,22)/t13?,16?,17-/m0/s1. The third-order valence-corrected chi connectivity index (χ3v) is 5.65. The summed E-state index contributed by atoms with van der Waals surface area (Å²) in [5.74, 6) is -0.540. The lowest BCUT2D eigenvalue weighted by atomic mass is 9.70. The summed E-state index contributed by atoms with van der Waals surface area (Å²) in [6, 6.07) is 8.43. The highest BCUT2D eigenvalue weighted by Crippen LogP contribution is 2.38. The summed E-state index contributed by atoms with van der Waals surface area (Å²) in [7, 11) is -1.28. The van der Waals surface area contributed by atoms with Crippen LogP contribution in [0.5, 0.6) is 0 Å². The van der Waals surface area contributed by atoms with Gasteiger partial charge in [-0.25, -0.2) is 0 Å². The molecule has 1 aromatic carbocycles. The van der Waals surface area contributed by atoms with Crippen LogP contribution in [0.25, 0.3) is 0 Å². The van der Waals surface area contributed by atoms with Gasteiger partial charge in [0.25, 0.3) is 0 Å². The highest BCUT2D eigenvalue weighted by Gasteiger charge is 2.37. The maximum Gasteiger partial charge on any atom is 0.451 e. The Balaban J connectivity index is 1.57. The molecule has 1 aliphatic heterocycles. The summed E-state index contributed by atoms with van der Waals surface area (Å²) >= 11 is 0. The highest BCUT2D eigenvalue weighted by atomic mass is 16.4. The Morgan fingerprint density at radius 1 is 1.17 bits per heavy atom. The molecule has 2 aliphatic rings. The minimum Gasteiger partial charge on any atom is -0.481 e. The van der Waals surface area contributed by atoms with Crippen LogP contribution >= 0.6 is 0 Å². The van der Waals surface area contributed by atoms with Crippen molar-refractivity contribution in [3.63, 3.8) is 0 Å². The van der Waals surface area contributed by atoms with Crippen LogP contribution < -0.4 is 0 Å². The zero-order valence-electron chi connectivity index (χ0n) is 14.0. The number of fused-ring (bicyclic) bond motifs is 1. The fourth-order valence-electron chi connectivity index (χ4n) is 4.35. The first-order valence-electron chi connectivity index (χ1n) is 8.91. The highest BCUT2D eigenvalue weighted by molar-refractivity contribution is 6.40.